The number of nitrogens with zero attached hydrogens (tertiary/aromatic N) is 1. The van der Waals surface area contributed by atoms with E-state index in [9.17, 15) is 4.79 Å². The average molecular weight is 271 g/mol. The summed E-state index contributed by atoms with van der Waals surface area (Å²) < 4.78 is 0. The van der Waals surface area contributed by atoms with Gasteiger partial charge in [-0.2, -0.15) is 0 Å². The van der Waals surface area contributed by atoms with Gasteiger partial charge >= 0.3 is 0 Å². The van der Waals surface area contributed by atoms with E-state index in [1.165, 1.54) is 4.90 Å². The Morgan fingerprint density at radius 2 is 1.68 bits per heavy atom. The number of thioether (sulfide) groups is 1. The molecule has 0 unspecified atom stereocenters. The summed E-state index contributed by atoms with van der Waals surface area (Å²) in [5, 5.41) is 0. The van der Waals surface area contributed by atoms with Crippen LogP contribution in [0.5, 0.6) is 0 Å². The predicted molar refractivity (Wildman–Crippen MR) is 79.6 cm³/mol. The van der Waals surface area contributed by atoms with Gasteiger partial charge in [-0.05, 0) is 42.5 Å². The topological polar surface area (TPSA) is 30.0 Å². The third-order valence-electron chi connectivity index (χ3n) is 2.93. The highest BCUT2D eigenvalue weighted by Gasteiger charge is 2.05. The van der Waals surface area contributed by atoms with Crippen molar-refractivity contribution in [2.75, 3.05) is 6.26 Å². The molecule has 0 atom stereocenters. The second-order valence-electron chi connectivity index (χ2n) is 4.55. The minimum atomic E-state index is 0.225. The van der Waals surface area contributed by atoms with Crippen LogP contribution in [-0.2, 0) is 17.6 Å². The van der Waals surface area contributed by atoms with Gasteiger partial charge < -0.3 is 0 Å². The van der Waals surface area contributed by atoms with Gasteiger partial charge in [0.05, 0.1) is 0 Å². The molecule has 0 N–H and O–H groups in total. The Bertz CT molecular complexity index is 546. The number of Topliss-reactive ketones (excluding diaryl/α,β-unsaturated/α-hetero) is 1. The van der Waals surface area contributed by atoms with Gasteiger partial charge in [-0.1, -0.05) is 18.2 Å². The second kappa shape index (κ2) is 6.53. The maximum absolute atomic E-state index is 12.0. The molecule has 0 spiro atoms. The Kier molecular flexibility index (Phi) is 4.74. The van der Waals surface area contributed by atoms with Gasteiger partial charge in [0.15, 0.2) is 0 Å². The third-order valence-corrected chi connectivity index (χ3v) is 3.68. The molecule has 0 aliphatic heterocycles. The molecule has 1 aromatic heterocycles. The summed E-state index contributed by atoms with van der Waals surface area (Å²) in [6.07, 6.45) is 4.77. The van der Waals surface area contributed by atoms with Gasteiger partial charge in [0.1, 0.15) is 5.78 Å². The van der Waals surface area contributed by atoms with Crippen molar-refractivity contribution in [3.05, 3.63) is 59.4 Å². The van der Waals surface area contributed by atoms with Gasteiger partial charge in [0, 0.05) is 29.6 Å². The monoisotopic (exact) mass is 271 g/mol. The third kappa shape index (κ3) is 4.21. The summed E-state index contributed by atoms with van der Waals surface area (Å²) in [5.41, 5.74) is 3.03. The van der Waals surface area contributed by atoms with E-state index in [0.717, 1.165) is 16.8 Å². The lowest BCUT2D eigenvalue weighted by Crippen LogP contribution is -2.06. The molecule has 98 valence electrons. The molecule has 0 aliphatic rings. The van der Waals surface area contributed by atoms with Crippen LogP contribution in [-0.4, -0.2) is 17.0 Å². The molecule has 0 radical (unpaired) electrons. The number of hydrogen-bond donors (Lipinski definition) is 0. The first-order valence-corrected chi connectivity index (χ1v) is 7.46. The SMILES string of the molecule is CSc1ccc(CC(=O)Cc2ccc(C)nc2)cc1. The molecule has 0 saturated heterocycles. The van der Waals surface area contributed by atoms with E-state index in [-0.39, 0.29) is 5.78 Å². The Morgan fingerprint density at radius 1 is 1.05 bits per heavy atom. The van der Waals surface area contributed by atoms with Gasteiger partial charge in [-0.25, -0.2) is 0 Å². The lowest BCUT2D eigenvalue weighted by molar-refractivity contribution is -0.117. The fourth-order valence-corrected chi connectivity index (χ4v) is 2.27. The number of aryl methyl sites for hydroxylation is 1. The van der Waals surface area contributed by atoms with E-state index in [2.05, 4.69) is 17.1 Å². The standard InChI is InChI=1S/C16H17NOS/c1-12-3-4-14(11-17-12)10-15(18)9-13-5-7-16(19-2)8-6-13/h3-8,11H,9-10H2,1-2H3. The lowest BCUT2D eigenvalue weighted by atomic mass is 10.0. The van der Waals surface area contributed by atoms with Crippen molar-refractivity contribution in [2.24, 2.45) is 0 Å². The van der Waals surface area contributed by atoms with E-state index < -0.39 is 0 Å². The van der Waals surface area contributed by atoms with Crippen LogP contribution in [0.15, 0.2) is 47.5 Å². The van der Waals surface area contributed by atoms with Crippen LogP contribution in [0.3, 0.4) is 0 Å². The molecule has 3 heteroatoms. The highest BCUT2D eigenvalue weighted by atomic mass is 32.2. The zero-order chi connectivity index (χ0) is 13.7. The zero-order valence-electron chi connectivity index (χ0n) is 11.2. The molecule has 0 aliphatic carbocycles. The highest BCUT2D eigenvalue weighted by molar-refractivity contribution is 7.98. The normalized spacial score (nSPS) is 10.4. The Labute approximate surface area is 118 Å². The van der Waals surface area contributed by atoms with E-state index >= 15 is 0 Å². The van der Waals surface area contributed by atoms with Crippen LogP contribution in [0.25, 0.3) is 0 Å². The van der Waals surface area contributed by atoms with Crippen molar-refractivity contribution >= 4 is 17.5 Å². The number of carbonyl (C=O) groups excluding carboxylic acids is 1. The molecule has 0 fully saturated rings. The Hall–Kier alpha value is -1.61. The van der Waals surface area contributed by atoms with Crippen LogP contribution in [0.1, 0.15) is 16.8 Å². The molecular weight excluding hydrogens is 254 g/mol. The minimum absolute atomic E-state index is 0.225. The van der Waals surface area contributed by atoms with E-state index in [4.69, 9.17) is 0 Å². The van der Waals surface area contributed by atoms with Crippen LogP contribution in [0.4, 0.5) is 0 Å². The largest absolute Gasteiger partial charge is 0.299 e. The number of pyridine rings is 1. The molecule has 2 rings (SSSR count). The van der Waals surface area contributed by atoms with Crippen molar-refractivity contribution in [1.82, 2.24) is 4.98 Å². The van der Waals surface area contributed by atoms with Crippen molar-refractivity contribution in [2.45, 2.75) is 24.7 Å². The molecule has 2 aromatic rings. The zero-order valence-corrected chi connectivity index (χ0v) is 12.0. The van der Waals surface area contributed by atoms with E-state index in [0.29, 0.717) is 12.8 Å². The van der Waals surface area contributed by atoms with Gasteiger partial charge in [-0.15, -0.1) is 11.8 Å². The first kappa shape index (κ1) is 13.8. The average Bonchev–Trinajstić information content (AvgIpc) is 2.42. The van der Waals surface area contributed by atoms with Crippen LogP contribution < -0.4 is 0 Å². The minimum Gasteiger partial charge on any atom is -0.299 e. The van der Waals surface area contributed by atoms with Crippen LogP contribution >= 0.6 is 11.8 Å². The maximum Gasteiger partial charge on any atom is 0.141 e. The summed E-state index contributed by atoms with van der Waals surface area (Å²) in [6, 6.07) is 12.1. The van der Waals surface area contributed by atoms with E-state index in [1.807, 2.05) is 37.4 Å². The smallest absolute Gasteiger partial charge is 0.141 e. The van der Waals surface area contributed by atoms with Gasteiger partial charge in [-0.3, -0.25) is 9.78 Å². The summed E-state index contributed by atoms with van der Waals surface area (Å²) in [4.78, 5) is 17.4. The summed E-state index contributed by atoms with van der Waals surface area (Å²) >= 11 is 1.71. The fraction of sp³-hybridized carbons (Fsp3) is 0.250. The van der Waals surface area contributed by atoms with Gasteiger partial charge in [0.25, 0.3) is 0 Å². The predicted octanol–water partition coefficient (Wildman–Crippen LogP) is 3.47. The van der Waals surface area contributed by atoms with Crippen molar-refractivity contribution in [1.29, 1.82) is 0 Å². The molecule has 2 nitrogen and oxygen atoms in total. The molecule has 0 saturated carbocycles. The number of rotatable bonds is 5. The summed E-state index contributed by atoms with van der Waals surface area (Å²) in [7, 11) is 0. The number of carbonyl (C=O) groups is 1. The summed E-state index contributed by atoms with van der Waals surface area (Å²) in [6.45, 7) is 1.94. The second-order valence-corrected chi connectivity index (χ2v) is 5.43. The number of aromatic nitrogens is 1. The number of benzene rings is 1. The molecule has 19 heavy (non-hydrogen) atoms. The molecular formula is C16H17NOS. The lowest BCUT2D eigenvalue weighted by Gasteiger charge is -2.03. The quantitative estimate of drug-likeness (QED) is 0.780. The maximum atomic E-state index is 12.0. The highest BCUT2D eigenvalue weighted by Crippen LogP contribution is 2.15. The Balaban J connectivity index is 1.95. The van der Waals surface area contributed by atoms with Crippen molar-refractivity contribution in [3.8, 4) is 0 Å². The molecule has 1 heterocycles. The van der Waals surface area contributed by atoms with Crippen molar-refractivity contribution < 1.29 is 4.79 Å². The van der Waals surface area contributed by atoms with E-state index in [1.54, 1.807) is 18.0 Å². The fourth-order valence-electron chi connectivity index (χ4n) is 1.86. The number of ketones is 1. The van der Waals surface area contributed by atoms with Gasteiger partial charge in [0.2, 0.25) is 0 Å². The molecule has 1 aromatic carbocycles. The van der Waals surface area contributed by atoms with Crippen LogP contribution in [0, 0.1) is 6.92 Å². The first-order valence-electron chi connectivity index (χ1n) is 6.23. The van der Waals surface area contributed by atoms with Crippen LogP contribution in [0.2, 0.25) is 0 Å². The van der Waals surface area contributed by atoms with Crippen molar-refractivity contribution in [3.63, 3.8) is 0 Å². The number of hydrogen-bond acceptors (Lipinski definition) is 3. The summed E-state index contributed by atoms with van der Waals surface area (Å²) in [5.74, 6) is 0.225. The Morgan fingerprint density at radius 3 is 2.26 bits per heavy atom. The molecule has 0 bridgehead atoms. The first-order chi connectivity index (χ1) is 9.17. The molecule has 0 amide bonds.